The van der Waals surface area contributed by atoms with Gasteiger partial charge in [0.1, 0.15) is 5.02 Å². The summed E-state index contributed by atoms with van der Waals surface area (Å²) in [6.07, 6.45) is 2.30. The van der Waals surface area contributed by atoms with Gasteiger partial charge in [0.15, 0.2) is 0 Å². The van der Waals surface area contributed by atoms with Crippen LogP contribution in [0.5, 0.6) is 0 Å². The summed E-state index contributed by atoms with van der Waals surface area (Å²) in [6.45, 7) is 0.131. The van der Waals surface area contributed by atoms with E-state index in [1.807, 2.05) is 18.2 Å². The van der Waals surface area contributed by atoms with Crippen LogP contribution in [0.15, 0.2) is 48.5 Å². The van der Waals surface area contributed by atoms with Gasteiger partial charge < -0.3 is 10.6 Å². The van der Waals surface area contributed by atoms with Crippen LogP contribution in [-0.2, 0) is 4.79 Å². The summed E-state index contributed by atoms with van der Waals surface area (Å²) in [5.74, 6) is 0.296. The summed E-state index contributed by atoms with van der Waals surface area (Å²) in [5.41, 5.74) is 1.29. The molecule has 1 fully saturated rings. The van der Waals surface area contributed by atoms with Crippen molar-refractivity contribution in [1.82, 2.24) is 5.32 Å². The number of nitro groups is 1. The minimum absolute atomic E-state index is 0.0407. The van der Waals surface area contributed by atoms with Gasteiger partial charge in [0, 0.05) is 17.8 Å². The maximum Gasteiger partial charge on any atom is 0.289 e. The van der Waals surface area contributed by atoms with Crippen LogP contribution in [0.1, 0.15) is 24.4 Å². The first-order valence-electron chi connectivity index (χ1n) is 8.06. The van der Waals surface area contributed by atoms with Crippen LogP contribution in [0.3, 0.4) is 0 Å². The van der Waals surface area contributed by atoms with E-state index in [4.69, 9.17) is 11.6 Å². The second kappa shape index (κ2) is 7.63. The largest absolute Gasteiger partial charge is 0.325 e. The Labute approximate surface area is 150 Å². The number of nitro benzene ring substituents is 1. The Bertz CT molecular complexity index is 778. The van der Waals surface area contributed by atoms with E-state index in [-0.39, 0.29) is 29.2 Å². The van der Waals surface area contributed by atoms with Gasteiger partial charge in [-0.2, -0.15) is 0 Å². The molecule has 6 nitrogen and oxygen atoms in total. The number of nitrogens with one attached hydrogen (secondary N) is 2. The zero-order valence-corrected chi connectivity index (χ0v) is 14.2. The Morgan fingerprint density at radius 1 is 1.24 bits per heavy atom. The molecule has 0 radical (unpaired) electrons. The first kappa shape index (κ1) is 17.4. The smallest absolute Gasteiger partial charge is 0.289 e. The number of halogens is 1. The first-order chi connectivity index (χ1) is 12.0. The highest BCUT2D eigenvalue weighted by Gasteiger charge is 2.32. The minimum atomic E-state index is -0.575. The summed E-state index contributed by atoms with van der Waals surface area (Å²) in [5, 5.41) is 16.9. The van der Waals surface area contributed by atoms with Crippen LogP contribution in [-0.4, -0.2) is 17.4 Å². The molecule has 0 bridgehead atoms. The maximum atomic E-state index is 12.2. The third-order valence-electron chi connectivity index (χ3n) is 4.16. The fourth-order valence-corrected chi connectivity index (χ4v) is 2.97. The molecule has 0 saturated heterocycles. The molecule has 3 rings (SSSR count). The van der Waals surface area contributed by atoms with Crippen molar-refractivity contribution in [2.75, 3.05) is 11.9 Å². The van der Waals surface area contributed by atoms with Crippen LogP contribution in [0.25, 0.3) is 0 Å². The average molecular weight is 360 g/mol. The second-order valence-electron chi connectivity index (χ2n) is 6.08. The van der Waals surface area contributed by atoms with Crippen molar-refractivity contribution in [2.24, 2.45) is 5.92 Å². The SMILES string of the molecule is O=C(CNC(c1ccccc1)C1CC1)Nc1ccc(Cl)c([N+](=O)[O-])c1. The Hall–Kier alpha value is -2.44. The summed E-state index contributed by atoms with van der Waals surface area (Å²) in [7, 11) is 0. The number of carbonyl (C=O) groups excluding carboxylic acids is 1. The lowest BCUT2D eigenvalue weighted by Gasteiger charge is -2.18. The number of rotatable bonds is 7. The molecule has 1 aliphatic carbocycles. The van der Waals surface area contributed by atoms with Gasteiger partial charge in [-0.1, -0.05) is 41.9 Å². The molecule has 2 N–H and O–H groups in total. The summed E-state index contributed by atoms with van der Waals surface area (Å²) in [6, 6.07) is 14.4. The summed E-state index contributed by atoms with van der Waals surface area (Å²) in [4.78, 5) is 22.5. The van der Waals surface area contributed by atoms with Gasteiger partial charge in [-0.25, -0.2) is 0 Å². The monoisotopic (exact) mass is 359 g/mol. The Morgan fingerprint density at radius 2 is 1.96 bits per heavy atom. The van der Waals surface area contributed by atoms with Crippen molar-refractivity contribution in [3.8, 4) is 0 Å². The predicted octanol–water partition coefficient (Wildman–Crippen LogP) is 3.93. The molecule has 0 aliphatic heterocycles. The van der Waals surface area contributed by atoms with E-state index >= 15 is 0 Å². The third-order valence-corrected chi connectivity index (χ3v) is 4.48. The highest BCUT2D eigenvalue weighted by atomic mass is 35.5. The van der Waals surface area contributed by atoms with Crippen molar-refractivity contribution >= 4 is 28.9 Å². The Balaban J connectivity index is 1.61. The van der Waals surface area contributed by atoms with Gasteiger partial charge in [0.2, 0.25) is 5.91 Å². The van der Waals surface area contributed by atoms with Crippen LogP contribution in [0.2, 0.25) is 5.02 Å². The van der Waals surface area contributed by atoms with Crippen molar-refractivity contribution < 1.29 is 9.72 Å². The van der Waals surface area contributed by atoms with Gasteiger partial charge in [-0.3, -0.25) is 14.9 Å². The van der Waals surface area contributed by atoms with Crippen LogP contribution < -0.4 is 10.6 Å². The highest BCUT2D eigenvalue weighted by Crippen LogP contribution is 2.40. The lowest BCUT2D eigenvalue weighted by molar-refractivity contribution is -0.384. The van der Waals surface area contributed by atoms with E-state index in [2.05, 4.69) is 22.8 Å². The molecule has 2 aromatic carbocycles. The second-order valence-corrected chi connectivity index (χ2v) is 6.49. The Kier molecular flexibility index (Phi) is 5.31. The normalized spacial score (nSPS) is 14.8. The van der Waals surface area contributed by atoms with Crippen LogP contribution in [0, 0.1) is 16.0 Å². The average Bonchev–Trinajstić information content (AvgIpc) is 3.42. The summed E-state index contributed by atoms with van der Waals surface area (Å²) >= 11 is 5.77. The minimum Gasteiger partial charge on any atom is -0.325 e. The van der Waals surface area contributed by atoms with Crippen LogP contribution in [0.4, 0.5) is 11.4 Å². The van der Waals surface area contributed by atoms with E-state index in [0.29, 0.717) is 11.6 Å². The molecular formula is C18H18ClN3O3. The van der Waals surface area contributed by atoms with Crippen molar-refractivity contribution in [3.05, 3.63) is 69.2 Å². The Morgan fingerprint density at radius 3 is 2.60 bits per heavy atom. The predicted molar refractivity (Wildman–Crippen MR) is 96.6 cm³/mol. The van der Waals surface area contributed by atoms with E-state index in [9.17, 15) is 14.9 Å². The van der Waals surface area contributed by atoms with Crippen molar-refractivity contribution in [2.45, 2.75) is 18.9 Å². The maximum absolute atomic E-state index is 12.2. The van der Waals surface area contributed by atoms with Gasteiger partial charge in [-0.15, -0.1) is 0 Å². The third kappa shape index (κ3) is 4.55. The molecule has 1 amide bonds. The highest BCUT2D eigenvalue weighted by molar-refractivity contribution is 6.32. The number of nitrogens with zero attached hydrogens (tertiary/aromatic N) is 1. The zero-order chi connectivity index (χ0) is 17.8. The summed E-state index contributed by atoms with van der Waals surface area (Å²) < 4.78 is 0. The molecule has 7 heteroatoms. The molecule has 130 valence electrons. The quantitative estimate of drug-likeness (QED) is 0.579. The molecule has 1 aliphatic rings. The molecule has 2 aromatic rings. The fourth-order valence-electron chi connectivity index (χ4n) is 2.78. The van der Waals surface area contributed by atoms with Crippen LogP contribution >= 0.6 is 11.6 Å². The molecule has 1 saturated carbocycles. The molecular weight excluding hydrogens is 342 g/mol. The first-order valence-corrected chi connectivity index (χ1v) is 8.44. The number of hydrogen-bond acceptors (Lipinski definition) is 4. The molecule has 1 unspecified atom stereocenters. The van der Waals surface area contributed by atoms with E-state index in [1.165, 1.54) is 17.7 Å². The number of anilines is 1. The molecule has 0 spiro atoms. The van der Waals surface area contributed by atoms with Gasteiger partial charge in [0.05, 0.1) is 11.5 Å². The van der Waals surface area contributed by atoms with Gasteiger partial charge in [-0.05, 0) is 36.5 Å². The fraction of sp³-hybridized carbons (Fsp3) is 0.278. The van der Waals surface area contributed by atoms with Gasteiger partial charge in [0.25, 0.3) is 5.69 Å². The number of benzene rings is 2. The van der Waals surface area contributed by atoms with Gasteiger partial charge >= 0.3 is 0 Å². The zero-order valence-electron chi connectivity index (χ0n) is 13.4. The molecule has 0 heterocycles. The number of hydrogen-bond donors (Lipinski definition) is 2. The number of carbonyl (C=O) groups is 1. The van der Waals surface area contributed by atoms with Crippen molar-refractivity contribution in [3.63, 3.8) is 0 Å². The molecule has 1 atom stereocenters. The molecule has 25 heavy (non-hydrogen) atoms. The standard InChI is InChI=1S/C18H18ClN3O3/c19-15-9-8-14(10-16(15)22(24)25)21-17(23)11-20-18(13-6-7-13)12-4-2-1-3-5-12/h1-5,8-10,13,18,20H,6-7,11H2,(H,21,23). The lowest BCUT2D eigenvalue weighted by Crippen LogP contribution is -2.32. The van der Waals surface area contributed by atoms with Crippen molar-refractivity contribution in [1.29, 1.82) is 0 Å². The number of amides is 1. The van der Waals surface area contributed by atoms with E-state index in [1.54, 1.807) is 6.07 Å². The molecule has 0 aromatic heterocycles. The lowest BCUT2D eigenvalue weighted by atomic mass is 10.0. The van der Waals surface area contributed by atoms with E-state index < -0.39 is 4.92 Å². The topological polar surface area (TPSA) is 84.3 Å². The van der Waals surface area contributed by atoms with E-state index in [0.717, 1.165) is 12.8 Å².